The maximum absolute atomic E-state index is 12.2. The number of rotatable bonds is 5. The van der Waals surface area contributed by atoms with E-state index in [4.69, 9.17) is 4.74 Å². The number of carbonyl (C=O) groups is 1. The highest BCUT2D eigenvalue weighted by atomic mass is 79.9. The highest BCUT2D eigenvalue weighted by Gasteiger charge is 2.45. The van der Waals surface area contributed by atoms with E-state index >= 15 is 0 Å². The lowest BCUT2D eigenvalue weighted by Crippen LogP contribution is -2.37. The van der Waals surface area contributed by atoms with Crippen LogP contribution < -0.4 is 9.46 Å². The summed E-state index contributed by atoms with van der Waals surface area (Å²) in [7, 11) is -5.39. The van der Waals surface area contributed by atoms with Gasteiger partial charge in [-0.3, -0.25) is 4.79 Å². The molecular weight excluding hydrogens is 379 g/mol. The molecule has 0 unspecified atom stereocenters. The first-order valence-corrected chi connectivity index (χ1v) is 7.84. The van der Waals surface area contributed by atoms with Gasteiger partial charge >= 0.3 is 21.5 Å². The Hall–Kier alpha value is -1.13. The molecule has 1 aromatic carbocycles. The van der Waals surface area contributed by atoms with Crippen LogP contribution >= 0.6 is 15.9 Å². The minimum atomic E-state index is -5.39. The lowest BCUT2D eigenvalue weighted by atomic mass is 10.1. The molecular formula is C11H11BrF3NO4S. The van der Waals surface area contributed by atoms with E-state index in [0.29, 0.717) is 10.0 Å². The molecule has 0 fully saturated rings. The predicted molar refractivity (Wildman–Crippen MR) is 72.1 cm³/mol. The van der Waals surface area contributed by atoms with Crippen molar-refractivity contribution in [2.45, 2.75) is 18.9 Å². The maximum atomic E-state index is 12.2. The molecule has 0 saturated carbocycles. The number of nitrogens with one attached hydrogen (secondary N) is 1. The number of ether oxygens (including phenoxy) is 1. The Morgan fingerprint density at radius 1 is 1.38 bits per heavy atom. The monoisotopic (exact) mass is 389 g/mol. The predicted octanol–water partition coefficient (Wildman–Crippen LogP) is 2.36. The van der Waals surface area contributed by atoms with Gasteiger partial charge in [0.05, 0.1) is 0 Å². The van der Waals surface area contributed by atoms with Gasteiger partial charge in [-0.1, -0.05) is 22.0 Å². The third-order valence-electron chi connectivity index (χ3n) is 2.30. The third-order valence-corrected chi connectivity index (χ3v) is 4.24. The molecule has 0 aliphatic heterocycles. The number of hydrogen-bond acceptors (Lipinski definition) is 4. The number of carbonyl (C=O) groups excluding carboxylic acids is 1. The van der Waals surface area contributed by atoms with Crippen LogP contribution in [0.15, 0.2) is 22.7 Å². The average Bonchev–Trinajstić information content (AvgIpc) is 2.30. The van der Waals surface area contributed by atoms with Crippen molar-refractivity contribution in [1.82, 2.24) is 4.72 Å². The normalized spacial score (nSPS) is 12.2. The van der Waals surface area contributed by atoms with Crippen LogP contribution in [0.2, 0.25) is 0 Å². The van der Waals surface area contributed by atoms with Crippen LogP contribution in [0.5, 0.6) is 5.75 Å². The van der Waals surface area contributed by atoms with Crippen LogP contribution in [0, 0.1) is 0 Å². The molecule has 1 N–H and O–H groups in total. The molecule has 1 rings (SSSR count). The van der Waals surface area contributed by atoms with Crippen LogP contribution in [-0.2, 0) is 21.2 Å². The van der Waals surface area contributed by atoms with Crippen molar-refractivity contribution in [2.75, 3.05) is 6.54 Å². The van der Waals surface area contributed by atoms with Gasteiger partial charge in [0.25, 0.3) is 0 Å². The fraction of sp³-hybridized carbons (Fsp3) is 0.364. The van der Waals surface area contributed by atoms with Gasteiger partial charge < -0.3 is 4.74 Å². The molecule has 0 aliphatic rings. The van der Waals surface area contributed by atoms with Crippen LogP contribution in [0.4, 0.5) is 13.2 Å². The zero-order chi connectivity index (χ0) is 16.3. The van der Waals surface area contributed by atoms with Crippen molar-refractivity contribution in [2.24, 2.45) is 0 Å². The van der Waals surface area contributed by atoms with Crippen LogP contribution in [0.1, 0.15) is 12.5 Å². The van der Waals surface area contributed by atoms with E-state index in [1.165, 1.54) is 17.7 Å². The first-order chi connectivity index (χ1) is 9.54. The van der Waals surface area contributed by atoms with E-state index in [9.17, 15) is 26.4 Å². The van der Waals surface area contributed by atoms with Crippen LogP contribution in [0.25, 0.3) is 0 Å². The van der Waals surface area contributed by atoms with E-state index in [0.717, 1.165) is 0 Å². The Balaban J connectivity index is 2.83. The molecule has 0 atom stereocenters. The Labute approximate surface area is 127 Å². The molecule has 0 heterocycles. The van der Waals surface area contributed by atoms with Gasteiger partial charge in [-0.2, -0.15) is 13.2 Å². The number of esters is 1. The number of halogens is 4. The minimum absolute atomic E-state index is 0.0840. The van der Waals surface area contributed by atoms with Crippen molar-refractivity contribution >= 4 is 31.9 Å². The summed E-state index contributed by atoms with van der Waals surface area (Å²) in [4.78, 5) is 10.9. The highest BCUT2D eigenvalue weighted by Crippen LogP contribution is 2.28. The second-order valence-corrected chi connectivity index (χ2v) is 6.52. The minimum Gasteiger partial charge on any atom is -0.426 e. The summed E-state index contributed by atoms with van der Waals surface area (Å²) >= 11 is 3.17. The van der Waals surface area contributed by atoms with E-state index in [1.54, 1.807) is 12.1 Å². The zero-order valence-electron chi connectivity index (χ0n) is 10.7. The Morgan fingerprint density at radius 3 is 2.52 bits per heavy atom. The topological polar surface area (TPSA) is 72.5 Å². The van der Waals surface area contributed by atoms with E-state index in [-0.39, 0.29) is 12.2 Å². The fourth-order valence-corrected chi connectivity index (χ4v) is 2.50. The van der Waals surface area contributed by atoms with E-state index in [1.807, 2.05) is 0 Å². The first-order valence-electron chi connectivity index (χ1n) is 5.56. The lowest BCUT2D eigenvalue weighted by molar-refractivity contribution is -0.131. The smallest absolute Gasteiger partial charge is 0.426 e. The second-order valence-electron chi connectivity index (χ2n) is 3.90. The van der Waals surface area contributed by atoms with Crippen molar-refractivity contribution in [3.05, 3.63) is 28.2 Å². The standard InChI is InChI=1S/C11H11BrF3NO4S/c1-7(17)20-10-4-2-3-9(12)8(10)5-6-16-21(18,19)11(13,14)15/h2-4,16H,5-6H2,1H3. The molecule has 0 aliphatic carbocycles. The summed E-state index contributed by atoms with van der Waals surface area (Å²) in [6, 6.07) is 4.63. The molecule has 5 nitrogen and oxygen atoms in total. The summed E-state index contributed by atoms with van der Waals surface area (Å²) in [6.07, 6.45) is -0.0840. The summed E-state index contributed by atoms with van der Waals surface area (Å²) in [5, 5.41) is 0. The summed E-state index contributed by atoms with van der Waals surface area (Å²) in [5.41, 5.74) is -4.97. The van der Waals surface area contributed by atoms with Crippen molar-refractivity contribution in [3.63, 3.8) is 0 Å². The molecule has 0 amide bonds. The second kappa shape index (κ2) is 6.75. The van der Waals surface area contributed by atoms with Crippen LogP contribution in [0.3, 0.4) is 0 Å². The van der Waals surface area contributed by atoms with Gasteiger partial charge in [-0.25, -0.2) is 13.1 Å². The number of hydrogen-bond donors (Lipinski definition) is 1. The molecule has 0 radical (unpaired) electrons. The van der Waals surface area contributed by atoms with Gasteiger partial charge in [-0.15, -0.1) is 0 Å². The zero-order valence-corrected chi connectivity index (χ0v) is 13.1. The van der Waals surface area contributed by atoms with Crippen molar-refractivity contribution in [1.29, 1.82) is 0 Å². The average molecular weight is 390 g/mol. The summed E-state index contributed by atoms with van der Waals surface area (Å²) in [5.74, 6) is -0.437. The van der Waals surface area contributed by atoms with Crippen LogP contribution in [-0.4, -0.2) is 26.4 Å². The van der Waals surface area contributed by atoms with Crippen molar-refractivity contribution in [3.8, 4) is 5.75 Å². The van der Waals surface area contributed by atoms with Gasteiger partial charge in [0.15, 0.2) is 0 Å². The third kappa shape index (κ3) is 4.97. The molecule has 0 saturated heterocycles. The van der Waals surface area contributed by atoms with Crippen molar-refractivity contribution < 1.29 is 31.1 Å². The molecule has 1 aromatic rings. The number of benzene rings is 1. The fourth-order valence-electron chi connectivity index (χ4n) is 1.42. The number of sulfonamides is 1. The molecule has 0 bridgehead atoms. The van der Waals surface area contributed by atoms with Gasteiger partial charge in [0.2, 0.25) is 0 Å². The molecule has 21 heavy (non-hydrogen) atoms. The number of alkyl halides is 3. The van der Waals surface area contributed by atoms with E-state index in [2.05, 4.69) is 15.9 Å². The van der Waals surface area contributed by atoms with Gasteiger partial charge in [0.1, 0.15) is 5.75 Å². The molecule has 0 spiro atoms. The molecule has 118 valence electrons. The van der Waals surface area contributed by atoms with E-state index < -0.39 is 28.0 Å². The quantitative estimate of drug-likeness (QED) is 0.619. The Bertz CT molecular complexity index is 631. The molecule has 10 heteroatoms. The van der Waals surface area contributed by atoms with Gasteiger partial charge in [0, 0.05) is 23.5 Å². The maximum Gasteiger partial charge on any atom is 0.511 e. The highest BCUT2D eigenvalue weighted by molar-refractivity contribution is 9.10. The summed E-state index contributed by atoms with van der Waals surface area (Å²) in [6.45, 7) is 0.690. The Kier molecular flexibility index (Phi) is 5.76. The lowest BCUT2D eigenvalue weighted by Gasteiger charge is -2.12. The molecule has 0 aromatic heterocycles. The summed E-state index contributed by atoms with van der Waals surface area (Å²) < 4.78 is 65.0. The Morgan fingerprint density at radius 2 is 2.00 bits per heavy atom. The first kappa shape index (κ1) is 17.9. The SMILES string of the molecule is CC(=O)Oc1cccc(Br)c1CCNS(=O)(=O)C(F)(F)F. The van der Waals surface area contributed by atoms with Gasteiger partial charge in [-0.05, 0) is 18.6 Å². The largest absolute Gasteiger partial charge is 0.511 e.